The van der Waals surface area contributed by atoms with Gasteiger partial charge in [0.05, 0.1) is 25.2 Å². The first kappa shape index (κ1) is 20.1. The molecule has 0 spiro atoms. The first-order valence-electron chi connectivity index (χ1n) is 7.70. The van der Waals surface area contributed by atoms with E-state index in [0.717, 1.165) is 38.8 Å². The molecule has 0 aromatic rings. The van der Waals surface area contributed by atoms with Gasteiger partial charge in [0, 0.05) is 0 Å². The minimum absolute atomic E-state index is 0.0173. The first-order chi connectivity index (χ1) is 10.0. The lowest BCUT2D eigenvalue weighted by molar-refractivity contribution is -0.119. The van der Waals surface area contributed by atoms with Crippen molar-refractivity contribution in [3.05, 3.63) is 0 Å². The predicted octanol–water partition coefficient (Wildman–Crippen LogP) is -1.37. The third kappa shape index (κ3) is 10.5. The van der Waals surface area contributed by atoms with Gasteiger partial charge in [0.2, 0.25) is 0 Å². The van der Waals surface area contributed by atoms with E-state index in [0.29, 0.717) is 12.8 Å². The van der Waals surface area contributed by atoms with Gasteiger partial charge in [-0.15, -0.1) is 0 Å². The standard InChI is InChI=1S/C14H31N5O2/c15-9-13(20)11(17)5-2-1-3-7-19-8-4-6-12(18)14(21)10-16/h11-12,19H,1-10,15-18H2. The van der Waals surface area contributed by atoms with Crippen LogP contribution in [-0.4, -0.2) is 49.8 Å². The molecule has 0 bridgehead atoms. The van der Waals surface area contributed by atoms with Crippen molar-refractivity contribution in [2.24, 2.45) is 22.9 Å². The summed E-state index contributed by atoms with van der Waals surface area (Å²) in [5, 5.41) is 3.30. The maximum absolute atomic E-state index is 11.2. The third-order valence-corrected chi connectivity index (χ3v) is 3.47. The number of carbonyl (C=O) groups excluding carboxylic acids is 2. The van der Waals surface area contributed by atoms with E-state index in [1.54, 1.807) is 0 Å². The molecule has 0 rings (SSSR count). The van der Waals surface area contributed by atoms with Gasteiger partial charge in [-0.25, -0.2) is 0 Å². The molecule has 0 aliphatic rings. The fourth-order valence-electron chi connectivity index (χ4n) is 1.99. The van der Waals surface area contributed by atoms with E-state index in [-0.39, 0.29) is 24.7 Å². The van der Waals surface area contributed by atoms with Crippen molar-refractivity contribution < 1.29 is 9.59 Å². The highest BCUT2D eigenvalue weighted by atomic mass is 16.1. The Morgan fingerprint density at radius 3 is 1.76 bits per heavy atom. The molecule has 2 unspecified atom stereocenters. The Balaban J connectivity index is 3.34. The van der Waals surface area contributed by atoms with Crippen molar-refractivity contribution in [3.63, 3.8) is 0 Å². The lowest BCUT2D eigenvalue weighted by atomic mass is 10.1. The average molecular weight is 301 g/mol. The maximum Gasteiger partial charge on any atom is 0.162 e. The Morgan fingerprint density at radius 1 is 0.762 bits per heavy atom. The Labute approximate surface area is 127 Å². The van der Waals surface area contributed by atoms with E-state index < -0.39 is 12.1 Å². The van der Waals surface area contributed by atoms with Gasteiger partial charge in [-0.2, -0.15) is 0 Å². The third-order valence-electron chi connectivity index (χ3n) is 3.47. The van der Waals surface area contributed by atoms with Crippen LogP contribution in [0.15, 0.2) is 0 Å². The Bertz CT molecular complexity index is 271. The molecule has 7 nitrogen and oxygen atoms in total. The highest BCUT2D eigenvalue weighted by Crippen LogP contribution is 2.02. The van der Waals surface area contributed by atoms with Gasteiger partial charge in [0.15, 0.2) is 11.6 Å². The monoisotopic (exact) mass is 301 g/mol. The Morgan fingerprint density at radius 2 is 1.24 bits per heavy atom. The molecule has 0 aromatic carbocycles. The summed E-state index contributed by atoms with van der Waals surface area (Å²) in [5.41, 5.74) is 21.8. The molecule has 9 N–H and O–H groups in total. The second kappa shape index (κ2) is 12.8. The summed E-state index contributed by atoms with van der Waals surface area (Å²) >= 11 is 0. The Kier molecular flexibility index (Phi) is 12.3. The summed E-state index contributed by atoms with van der Waals surface area (Å²) in [6, 6.07) is -0.845. The number of hydrogen-bond donors (Lipinski definition) is 5. The largest absolute Gasteiger partial charge is 0.324 e. The van der Waals surface area contributed by atoms with Crippen LogP contribution in [-0.2, 0) is 9.59 Å². The highest BCUT2D eigenvalue weighted by Gasteiger charge is 2.11. The number of nitrogens with two attached hydrogens (primary N) is 4. The number of rotatable bonds is 14. The molecule has 0 saturated heterocycles. The van der Waals surface area contributed by atoms with Crippen LogP contribution < -0.4 is 28.3 Å². The van der Waals surface area contributed by atoms with Crippen molar-refractivity contribution in [2.45, 2.75) is 50.6 Å². The van der Waals surface area contributed by atoms with E-state index in [2.05, 4.69) is 5.32 Å². The van der Waals surface area contributed by atoms with Gasteiger partial charge < -0.3 is 28.3 Å². The van der Waals surface area contributed by atoms with Crippen molar-refractivity contribution >= 4 is 11.6 Å². The summed E-state index contributed by atoms with van der Waals surface area (Å²) in [6.45, 7) is 1.80. The number of carbonyl (C=O) groups is 2. The van der Waals surface area contributed by atoms with Crippen LogP contribution in [0.3, 0.4) is 0 Å². The molecule has 0 heterocycles. The van der Waals surface area contributed by atoms with E-state index in [1.165, 1.54) is 0 Å². The van der Waals surface area contributed by atoms with E-state index >= 15 is 0 Å². The van der Waals surface area contributed by atoms with Gasteiger partial charge in [-0.1, -0.05) is 12.8 Å². The van der Waals surface area contributed by atoms with Gasteiger partial charge in [-0.3, -0.25) is 9.59 Å². The van der Waals surface area contributed by atoms with Gasteiger partial charge in [-0.05, 0) is 38.8 Å². The fraction of sp³-hybridized carbons (Fsp3) is 0.857. The smallest absolute Gasteiger partial charge is 0.162 e. The number of unbranched alkanes of at least 4 members (excludes halogenated alkanes) is 2. The molecule has 0 amide bonds. The summed E-state index contributed by atoms with van der Waals surface area (Å²) in [6.07, 6.45) is 5.24. The lowest BCUT2D eigenvalue weighted by Gasteiger charge is -2.10. The van der Waals surface area contributed by atoms with Crippen LogP contribution in [0.25, 0.3) is 0 Å². The van der Waals surface area contributed by atoms with Crippen LogP contribution >= 0.6 is 0 Å². The van der Waals surface area contributed by atoms with Crippen LogP contribution in [0.5, 0.6) is 0 Å². The van der Waals surface area contributed by atoms with Crippen LogP contribution in [0.2, 0.25) is 0 Å². The van der Waals surface area contributed by atoms with Crippen molar-refractivity contribution in [3.8, 4) is 0 Å². The average Bonchev–Trinajstić information content (AvgIpc) is 2.50. The minimum atomic E-state index is -0.432. The molecule has 21 heavy (non-hydrogen) atoms. The zero-order valence-corrected chi connectivity index (χ0v) is 12.9. The lowest BCUT2D eigenvalue weighted by Crippen LogP contribution is -2.36. The fourth-order valence-corrected chi connectivity index (χ4v) is 1.99. The van der Waals surface area contributed by atoms with Crippen LogP contribution in [0, 0.1) is 0 Å². The zero-order chi connectivity index (χ0) is 16.1. The predicted molar refractivity (Wildman–Crippen MR) is 84.6 cm³/mol. The zero-order valence-electron chi connectivity index (χ0n) is 12.9. The molecule has 2 atom stereocenters. The molecular formula is C14H31N5O2. The van der Waals surface area contributed by atoms with Gasteiger partial charge in [0.1, 0.15) is 0 Å². The minimum Gasteiger partial charge on any atom is -0.324 e. The summed E-state index contributed by atoms with van der Waals surface area (Å²) in [5.74, 6) is -0.158. The number of ketones is 2. The van der Waals surface area contributed by atoms with Crippen molar-refractivity contribution in [2.75, 3.05) is 26.2 Å². The molecule has 124 valence electrons. The topological polar surface area (TPSA) is 150 Å². The number of Topliss-reactive ketones (excluding diaryl/α,β-unsaturated/α-hetero) is 2. The first-order valence-corrected chi connectivity index (χ1v) is 7.70. The molecule has 0 radical (unpaired) electrons. The van der Waals surface area contributed by atoms with Crippen molar-refractivity contribution in [1.82, 2.24) is 5.32 Å². The van der Waals surface area contributed by atoms with Crippen LogP contribution in [0.1, 0.15) is 38.5 Å². The molecular weight excluding hydrogens is 270 g/mol. The SMILES string of the molecule is NCC(=O)C(N)CCCCCNCCCC(N)C(=O)CN. The van der Waals surface area contributed by atoms with Crippen LogP contribution in [0.4, 0.5) is 0 Å². The quantitative estimate of drug-likeness (QED) is 0.248. The molecule has 0 saturated carbocycles. The molecule has 0 fully saturated rings. The Hall–Kier alpha value is -0.860. The molecule has 7 heteroatoms. The van der Waals surface area contributed by atoms with Gasteiger partial charge in [0.25, 0.3) is 0 Å². The van der Waals surface area contributed by atoms with Crippen molar-refractivity contribution in [1.29, 1.82) is 0 Å². The summed E-state index contributed by atoms with van der Waals surface area (Å²) in [4.78, 5) is 22.3. The van der Waals surface area contributed by atoms with E-state index in [4.69, 9.17) is 22.9 Å². The summed E-state index contributed by atoms with van der Waals surface area (Å²) in [7, 11) is 0. The second-order valence-electron chi connectivity index (χ2n) is 5.30. The molecule has 0 aliphatic carbocycles. The second-order valence-corrected chi connectivity index (χ2v) is 5.30. The maximum atomic E-state index is 11.2. The number of hydrogen-bond acceptors (Lipinski definition) is 7. The van der Waals surface area contributed by atoms with E-state index in [9.17, 15) is 9.59 Å². The molecule has 0 aliphatic heterocycles. The normalized spacial score (nSPS) is 13.9. The summed E-state index contributed by atoms with van der Waals surface area (Å²) < 4.78 is 0. The highest BCUT2D eigenvalue weighted by molar-refractivity contribution is 5.85. The van der Waals surface area contributed by atoms with E-state index in [1.807, 2.05) is 0 Å². The number of nitrogens with one attached hydrogen (secondary N) is 1. The molecule has 0 aromatic heterocycles. The van der Waals surface area contributed by atoms with Gasteiger partial charge >= 0.3 is 0 Å².